The van der Waals surface area contributed by atoms with Crippen molar-refractivity contribution in [1.82, 2.24) is 0 Å². The highest BCUT2D eigenvalue weighted by atomic mass is 127. The summed E-state index contributed by atoms with van der Waals surface area (Å²) in [5.74, 6) is -1.11. The molecule has 1 aromatic carbocycles. The second kappa shape index (κ2) is 5.34. The van der Waals surface area contributed by atoms with Gasteiger partial charge in [0.05, 0.1) is 5.92 Å². The van der Waals surface area contributed by atoms with Crippen LogP contribution in [0.25, 0.3) is 0 Å². The van der Waals surface area contributed by atoms with Crippen LogP contribution in [0, 0.1) is 0 Å². The van der Waals surface area contributed by atoms with Crippen molar-refractivity contribution in [3.05, 3.63) is 35.9 Å². The number of carboxylic acid groups (broad SMARTS) is 1. The van der Waals surface area contributed by atoms with Gasteiger partial charge in [-0.05, 0) is 12.0 Å². The molecule has 2 nitrogen and oxygen atoms in total. The lowest BCUT2D eigenvalue weighted by Gasteiger charge is -2.13. The summed E-state index contributed by atoms with van der Waals surface area (Å²) in [7, 11) is 0. The van der Waals surface area contributed by atoms with E-state index in [9.17, 15) is 4.79 Å². The molecule has 0 spiro atoms. The van der Waals surface area contributed by atoms with Gasteiger partial charge in [-0.25, -0.2) is 0 Å². The Morgan fingerprint density at radius 1 is 1.43 bits per heavy atom. The highest BCUT2D eigenvalue weighted by Crippen LogP contribution is 2.24. The van der Waals surface area contributed by atoms with Crippen molar-refractivity contribution >= 4 is 28.6 Å². The minimum Gasteiger partial charge on any atom is -0.481 e. The van der Waals surface area contributed by atoms with Gasteiger partial charge in [-0.2, -0.15) is 0 Å². The Labute approximate surface area is 97.5 Å². The van der Waals surface area contributed by atoms with E-state index in [4.69, 9.17) is 5.11 Å². The van der Waals surface area contributed by atoms with Crippen LogP contribution < -0.4 is 0 Å². The van der Waals surface area contributed by atoms with Crippen LogP contribution in [0.4, 0.5) is 0 Å². The normalized spacial score (nSPS) is 14.7. The fourth-order valence-electron chi connectivity index (χ4n) is 1.39. The minimum absolute atomic E-state index is 0.369. The van der Waals surface area contributed by atoms with Crippen molar-refractivity contribution in [2.75, 3.05) is 0 Å². The van der Waals surface area contributed by atoms with Gasteiger partial charge in [0, 0.05) is 3.92 Å². The first kappa shape index (κ1) is 11.5. The van der Waals surface area contributed by atoms with Crippen molar-refractivity contribution in [1.29, 1.82) is 0 Å². The highest BCUT2D eigenvalue weighted by Gasteiger charge is 2.20. The lowest BCUT2D eigenvalue weighted by atomic mass is 9.95. The van der Waals surface area contributed by atoms with E-state index in [1.165, 1.54) is 0 Å². The van der Waals surface area contributed by atoms with Gasteiger partial charge in [0.1, 0.15) is 0 Å². The summed E-state index contributed by atoms with van der Waals surface area (Å²) < 4.78 is 0.369. The van der Waals surface area contributed by atoms with E-state index in [0.29, 0.717) is 10.3 Å². The first-order valence-corrected chi connectivity index (χ1v) is 5.77. The van der Waals surface area contributed by atoms with Crippen LogP contribution in [-0.2, 0) is 4.79 Å². The van der Waals surface area contributed by atoms with E-state index in [1.807, 2.05) is 37.3 Å². The Balaban J connectivity index is 2.84. The van der Waals surface area contributed by atoms with E-state index in [0.717, 1.165) is 5.56 Å². The van der Waals surface area contributed by atoms with Crippen LogP contribution in [0.5, 0.6) is 0 Å². The lowest BCUT2D eigenvalue weighted by Crippen LogP contribution is -2.14. The molecule has 0 aliphatic heterocycles. The van der Waals surface area contributed by atoms with Crippen LogP contribution in [0.15, 0.2) is 30.3 Å². The number of carbonyl (C=O) groups is 1. The Hall–Kier alpha value is -0.580. The lowest BCUT2D eigenvalue weighted by molar-refractivity contribution is -0.138. The summed E-state index contributed by atoms with van der Waals surface area (Å²) in [6.45, 7) is 2.03. The van der Waals surface area contributed by atoms with Gasteiger partial charge < -0.3 is 5.11 Å². The predicted molar refractivity (Wildman–Crippen MR) is 64.9 cm³/mol. The largest absolute Gasteiger partial charge is 0.481 e. The Morgan fingerprint density at radius 3 is 2.43 bits per heavy atom. The molecule has 0 saturated heterocycles. The van der Waals surface area contributed by atoms with Crippen molar-refractivity contribution in [3.8, 4) is 0 Å². The number of hydrogen-bond donors (Lipinski definition) is 1. The number of aliphatic carboxylic acids is 1. The zero-order valence-electron chi connectivity index (χ0n) is 7.98. The number of alkyl halides is 1. The molecule has 2 unspecified atom stereocenters. The first-order chi connectivity index (χ1) is 6.61. The molecule has 0 fully saturated rings. The monoisotopic (exact) mass is 304 g/mol. The fourth-order valence-corrected chi connectivity index (χ4v) is 1.90. The van der Waals surface area contributed by atoms with Gasteiger partial charge in [-0.1, -0.05) is 59.8 Å². The van der Waals surface area contributed by atoms with E-state index in [-0.39, 0.29) is 5.92 Å². The van der Waals surface area contributed by atoms with E-state index < -0.39 is 5.97 Å². The average molecular weight is 304 g/mol. The molecule has 1 N–H and O–H groups in total. The smallest absolute Gasteiger partial charge is 0.311 e. The Bertz CT molecular complexity index is 295. The fraction of sp³-hybridized carbons (Fsp3) is 0.364. The molecule has 3 heteroatoms. The molecule has 1 aromatic rings. The molecule has 0 aromatic heterocycles. The van der Waals surface area contributed by atoms with Crippen molar-refractivity contribution in [2.24, 2.45) is 0 Å². The standard InChI is InChI=1S/C11H13IO2/c1-8(12)7-10(11(13)14)9-5-3-2-4-6-9/h2-6,8,10H,7H2,1H3,(H,13,14). The predicted octanol–water partition coefficient (Wildman–Crippen LogP) is 3.07. The van der Waals surface area contributed by atoms with Crippen molar-refractivity contribution < 1.29 is 9.90 Å². The number of hydrogen-bond acceptors (Lipinski definition) is 1. The average Bonchev–Trinajstić information content (AvgIpc) is 2.15. The van der Waals surface area contributed by atoms with E-state index in [2.05, 4.69) is 22.6 Å². The summed E-state index contributed by atoms with van der Waals surface area (Å²) in [5.41, 5.74) is 0.892. The van der Waals surface area contributed by atoms with Crippen LogP contribution in [-0.4, -0.2) is 15.0 Å². The Morgan fingerprint density at radius 2 is 2.00 bits per heavy atom. The molecule has 0 aliphatic carbocycles. The molecule has 76 valence electrons. The summed E-state index contributed by atoms with van der Waals surface area (Å²) in [5, 5.41) is 9.07. The summed E-state index contributed by atoms with van der Waals surface area (Å²) in [4.78, 5) is 11.0. The number of rotatable bonds is 4. The van der Waals surface area contributed by atoms with Crippen LogP contribution in [0.3, 0.4) is 0 Å². The minimum atomic E-state index is -0.736. The molecule has 0 radical (unpaired) electrons. The quantitative estimate of drug-likeness (QED) is 0.685. The maximum Gasteiger partial charge on any atom is 0.311 e. The molecular weight excluding hydrogens is 291 g/mol. The summed E-state index contributed by atoms with van der Waals surface area (Å²) >= 11 is 2.25. The molecule has 1 rings (SSSR count). The zero-order chi connectivity index (χ0) is 10.6. The highest BCUT2D eigenvalue weighted by molar-refractivity contribution is 14.1. The van der Waals surface area contributed by atoms with Crippen LogP contribution in [0.2, 0.25) is 0 Å². The molecule has 0 bridgehead atoms. The maximum atomic E-state index is 11.0. The van der Waals surface area contributed by atoms with E-state index in [1.54, 1.807) is 0 Å². The third-order valence-corrected chi connectivity index (χ3v) is 2.57. The number of benzene rings is 1. The zero-order valence-corrected chi connectivity index (χ0v) is 10.1. The molecular formula is C11H13IO2. The Kier molecular flexibility index (Phi) is 4.38. The molecule has 0 aliphatic rings. The molecule has 0 heterocycles. The van der Waals surface area contributed by atoms with Gasteiger partial charge in [0.2, 0.25) is 0 Å². The topological polar surface area (TPSA) is 37.3 Å². The van der Waals surface area contributed by atoms with Gasteiger partial charge in [0.15, 0.2) is 0 Å². The second-order valence-electron chi connectivity index (χ2n) is 3.32. The van der Waals surface area contributed by atoms with Crippen LogP contribution in [0.1, 0.15) is 24.8 Å². The second-order valence-corrected chi connectivity index (χ2v) is 5.44. The maximum absolute atomic E-state index is 11.0. The van der Waals surface area contributed by atoms with Gasteiger partial charge in [-0.15, -0.1) is 0 Å². The molecule has 0 saturated carbocycles. The molecule has 2 atom stereocenters. The van der Waals surface area contributed by atoms with Gasteiger partial charge in [0.25, 0.3) is 0 Å². The summed E-state index contributed by atoms with van der Waals surface area (Å²) in [6.07, 6.45) is 0.680. The molecule has 0 amide bonds. The SMILES string of the molecule is CC(I)CC(C(=O)O)c1ccccc1. The van der Waals surface area contributed by atoms with Gasteiger partial charge in [-0.3, -0.25) is 4.79 Å². The summed E-state index contributed by atoms with van der Waals surface area (Å²) in [6, 6.07) is 9.40. The third kappa shape index (κ3) is 3.29. The van der Waals surface area contributed by atoms with Crippen LogP contribution >= 0.6 is 22.6 Å². The number of carboxylic acids is 1. The molecule has 14 heavy (non-hydrogen) atoms. The van der Waals surface area contributed by atoms with Crippen molar-refractivity contribution in [3.63, 3.8) is 0 Å². The van der Waals surface area contributed by atoms with Crippen molar-refractivity contribution in [2.45, 2.75) is 23.2 Å². The number of halogens is 1. The third-order valence-electron chi connectivity index (χ3n) is 2.06. The van der Waals surface area contributed by atoms with Gasteiger partial charge >= 0.3 is 5.97 Å². The first-order valence-electron chi connectivity index (χ1n) is 4.53. The van der Waals surface area contributed by atoms with E-state index >= 15 is 0 Å².